The van der Waals surface area contributed by atoms with Crippen LogP contribution in [0.2, 0.25) is 0 Å². The average molecular weight is 257 g/mol. The molecule has 7 nitrogen and oxygen atoms in total. The van der Waals surface area contributed by atoms with Gasteiger partial charge < -0.3 is 10.5 Å². The van der Waals surface area contributed by atoms with Gasteiger partial charge in [0.05, 0.1) is 11.4 Å². The first-order valence-corrected chi connectivity index (χ1v) is 5.63. The number of aromatic nitrogens is 4. The molecule has 0 aliphatic carbocycles. The van der Waals surface area contributed by atoms with Crippen molar-refractivity contribution in [3.8, 4) is 5.75 Å². The van der Waals surface area contributed by atoms with E-state index in [1.165, 1.54) is 16.9 Å². The predicted molar refractivity (Wildman–Crippen MR) is 68.8 cm³/mol. The Morgan fingerprint density at radius 3 is 3.05 bits per heavy atom. The topological polar surface area (TPSA) is 98.3 Å². The van der Waals surface area contributed by atoms with Crippen molar-refractivity contribution in [2.24, 2.45) is 0 Å². The van der Waals surface area contributed by atoms with Crippen molar-refractivity contribution in [2.45, 2.75) is 6.61 Å². The molecule has 96 valence electrons. The molecule has 3 aromatic rings. The quantitative estimate of drug-likeness (QED) is 0.669. The lowest BCUT2D eigenvalue weighted by molar-refractivity contribution is 0.303. The van der Waals surface area contributed by atoms with E-state index < -0.39 is 0 Å². The molecule has 0 radical (unpaired) electrons. The summed E-state index contributed by atoms with van der Waals surface area (Å²) in [5, 5.41) is 2.67. The summed E-state index contributed by atoms with van der Waals surface area (Å²) in [6, 6.07) is 8.54. The van der Waals surface area contributed by atoms with Crippen LogP contribution in [0.1, 0.15) is 5.69 Å². The van der Waals surface area contributed by atoms with Crippen molar-refractivity contribution in [1.29, 1.82) is 0 Å². The van der Waals surface area contributed by atoms with Crippen molar-refractivity contribution in [3.63, 3.8) is 0 Å². The number of para-hydroxylation sites is 2. The van der Waals surface area contributed by atoms with Crippen molar-refractivity contribution in [2.75, 3.05) is 5.73 Å². The summed E-state index contributed by atoms with van der Waals surface area (Å²) in [4.78, 5) is 19.8. The number of nitrogen functional groups attached to an aromatic ring is 1. The largest absolute Gasteiger partial charge is 0.485 e. The Balaban J connectivity index is 1.86. The highest BCUT2D eigenvalue weighted by molar-refractivity contribution is 5.51. The van der Waals surface area contributed by atoms with Gasteiger partial charge in [-0.25, -0.2) is 9.97 Å². The third-order valence-corrected chi connectivity index (χ3v) is 2.62. The van der Waals surface area contributed by atoms with Gasteiger partial charge in [-0.05, 0) is 12.1 Å². The molecule has 3 rings (SSSR count). The molecule has 1 aromatic carbocycles. The number of anilines is 1. The number of ether oxygens (including phenoxy) is 1. The summed E-state index contributed by atoms with van der Waals surface area (Å²) in [5.41, 5.74) is 6.57. The Bertz CT molecular complexity index is 777. The van der Waals surface area contributed by atoms with Crippen molar-refractivity contribution in [3.05, 3.63) is 52.7 Å². The lowest BCUT2D eigenvalue weighted by Gasteiger charge is -2.07. The maximum absolute atomic E-state index is 11.7. The van der Waals surface area contributed by atoms with Gasteiger partial charge in [-0.2, -0.15) is 4.52 Å². The van der Waals surface area contributed by atoms with Crippen molar-refractivity contribution >= 4 is 11.5 Å². The summed E-state index contributed by atoms with van der Waals surface area (Å²) in [6.07, 6.45) is 1.41. The highest BCUT2D eigenvalue weighted by atomic mass is 16.5. The second-order valence-electron chi connectivity index (χ2n) is 3.93. The minimum absolute atomic E-state index is 0.160. The lowest BCUT2D eigenvalue weighted by atomic mass is 10.3. The maximum atomic E-state index is 11.7. The van der Waals surface area contributed by atoms with Gasteiger partial charge in [0, 0.05) is 6.07 Å². The maximum Gasteiger partial charge on any atom is 0.274 e. The number of aromatic amines is 1. The summed E-state index contributed by atoms with van der Waals surface area (Å²) in [7, 11) is 0. The van der Waals surface area contributed by atoms with E-state index in [1.54, 1.807) is 12.1 Å². The second-order valence-corrected chi connectivity index (χ2v) is 3.93. The minimum Gasteiger partial charge on any atom is -0.485 e. The number of nitrogens with zero attached hydrogens (tertiary/aromatic N) is 3. The van der Waals surface area contributed by atoms with Crippen LogP contribution in [-0.2, 0) is 6.61 Å². The Kier molecular flexibility index (Phi) is 2.64. The monoisotopic (exact) mass is 257 g/mol. The van der Waals surface area contributed by atoms with Gasteiger partial charge in [-0.1, -0.05) is 12.1 Å². The highest BCUT2D eigenvalue weighted by Crippen LogP contribution is 2.20. The zero-order valence-electron chi connectivity index (χ0n) is 9.91. The van der Waals surface area contributed by atoms with Gasteiger partial charge >= 0.3 is 0 Å². The van der Waals surface area contributed by atoms with Crippen molar-refractivity contribution in [1.82, 2.24) is 19.6 Å². The number of hydrogen-bond donors (Lipinski definition) is 2. The number of rotatable bonds is 3. The molecule has 2 heterocycles. The third-order valence-electron chi connectivity index (χ3n) is 2.62. The van der Waals surface area contributed by atoms with Gasteiger partial charge in [-0.3, -0.25) is 9.89 Å². The standard InChI is InChI=1S/C12H11N5O2/c13-9-3-1-2-4-10(9)19-6-8-5-11(18)17-12(16-8)14-7-15-17/h1-5,7H,6,13H2,(H,14,15,16). The molecular weight excluding hydrogens is 246 g/mol. The summed E-state index contributed by atoms with van der Waals surface area (Å²) >= 11 is 0. The fourth-order valence-corrected chi connectivity index (χ4v) is 1.71. The van der Waals surface area contributed by atoms with Crippen LogP contribution in [0.15, 0.2) is 41.5 Å². The molecule has 0 spiro atoms. The number of benzene rings is 1. The zero-order chi connectivity index (χ0) is 13.2. The first-order chi connectivity index (χ1) is 9.24. The van der Waals surface area contributed by atoms with E-state index in [1.807, 2.05) is 12.1 Å². The van der Waals surface area contributed by atoms with E-state index in [-0.39, 0.29) is 12.2 Å². The number of hydrogen-bond acceptors (Lipinski definition) is 5. The smallest absolute Gasteiger partial charge is 0.274 e. The molecule has 3 N–H and O–H groups in total. The molecule has 0 aliphatic rings. The molecule has 0 amide bonds. The molecule has 0 aliphatic heterocycles. The SMILES string of the molecule is Nc1ccccc1OCc1cc(=O)n2[nH]cnc2n1. The molecule has 0 unspecified atom stereocenters. The molecule has 2 aromatic heterocycles. The lowest BCUT2D eigenvalue weighted by Crippen LogP contribution is -2.16. The van der Waals surface area contributed by atoms with E-state index in [2.05, 4.69) is 15.1 Å². The normalized spacial score (nSPS) is 10.7. The van der Waals surface area contributed by atoms with E-state index in [9.17, 15) is 4.79 Å². The molecule has 0 saturated carbocycles. The molecule has 0 saturated heterocycles. The van der Waals surface area contributed by atoms with Crippen LogP contribution in [0.3, 0.4) is 0 Å². The first-order valence-electron chi connectivity index (χ1n) is 5.63. The van der Waals surface area contributed by atoms with Crippen LogP contribution in [0, 0.1) is 0 Å². The molecular formula is C12H11N5O2. The Labute approximate surface area is 107 Å². The van der Waals surface area contributed by atoms with E-state index >= 15 is 0 Å². The fourth-order valence-electron chi connectivity index (χ4n) is 1.71. The van der Waals surface area contributed by atoms with Gasteiger partial charge in [0.1, 0.15) is 18.7 Å². The van der Waals surface area contributed by atoms with Crippen LogP contribution >= 0.6 is 0 Å². The van der Waals surface area contributed by atoms with E-state index in [0.717, 1.165) is 0 Å². The molecule has 0 bridgehead atoms. The summed E-state index contributed by atoms with van der Waals surface area (Å²) in [5.74, 6) is 0.874. The van der Waals surface area contributed by atoms with Gasteiger partial charge in [0.2, 0.25) is 0 Å². The van der Waals surface area contributed by atoms with E-state index in [4.69, 9.17) is 10.5 Å². The fraction of sp³-hybridized carbons (Fsp3) is 0.0833. The van der Waals surface area contributed by atoms with Crippen molar-refractivity contribution < 1.29 is 4.74 Å². The van der Waals surface area contributed by atoms with Crippen LogP contribution in [0.5, 0.6) is 5.75 Å². The first kappa shape index (κ1) is 11.3. The van der Waals surface area contributed by atoms with Crippen LogP contribution in [0.25, 0.3) is 5.78 Å². The molecule has 0 atom stereocenters. The third kappa shape index (κ3) is 2.13. The highest BCUT2D eigenvalue weighted by Gasteiger charge is 2.05. The average Bonchev–Trinajstić information content (AvgIpc) is 2.87. The second kappa shape index (κ2) is 4.45. The molecule has 0 fully saturated rings. The molecule has 7 heteroatoms. The Hall–Kier alpha value is -2.83. The zero-order valence-corrected chi connectivity index (χ0v) is 9.91. The Morgan fingerprint density at radius 2 is 2.21 bits per heavy atom. The number of fused-ring (bicyclic) bond motifs is 1. The van der Waals surface area contributed by atoms with Gasteiger partial charge in [-0.15, -0.1) is 0 Å². The van der Waals surface area contributed by atoms with Gasteiger partial charge in [0.25, 0.3) is 11.3 Å². The van der Waals surface area contributed by atoms with Crippen LogP contribution in [-0.4, -0.2) is 19.6 Å². The number of nitrogens with two attached hydrogens (primary N) is 1. The minimum atomic E-state index is -0.234. The predicted octanol–water partition coefficient (Wildman–Crippen LogP) is 0.579. The van der Waals surface area contributed by atoms with Gasteiger partial charge in [0.15, 0.2) is 0 Å². The number of H-pyrrole nitrogens is 1. The summed E-state index contributed by atoms with van der Waals surface area (Å²) < 4.78 is 6.78. The number of nitrogens with one attached hydrogen (secondary N) is 1. The van der Waals surface area contributed by atoms with Crippen LogP contribution in [0.4, 0.5) is 5.69 Å². The summed E-state index contributed by atoms with van der Waals surface area (Å²) in [6.45, 7) is 0.160. The van der Waals surface area contributed by atoms with E-state index in [0.29, 0.717) is 22.9 Å². The molecule has 19 heavy (non-hydrogen) atoms. The van der Waals surface area contributed by atoms with Crippen LogP contribution < -0.4 is 16.0 Å². The Morgan fingerprint density at radius 1 is 1.37 bits per heavy atom.